The lowest BCUT2D eigenvalue weighted by Gasteiger charge is -2.33. The van der Waals surface area contributed by atoms with Crippen molar-refractivity contribution in [1.82, 2.24) is 4.57 Å². The van der Waals surface area contributed by atoms with Crippen molar-refractivity contribution in [3.05, 3.63) is 70.2 Å². The van der Waals surface area contributed by atoms with Crippen LogP contribution in [0, 0.1) is 11.3 Å². The zero-order valence-corrected chi connectivity index (χ0v) is 12.0. The fourth-order valence-corrected chi connectivity index (χ4v) is 2.44. The van der Waals surface area contributed by atoms with Crippen molar-refractivity contribution in [3.8, 4) is 11.8 Å². The van der Waals surface area contributed by atoms with Crippen molar-refractivity contribution in [2.24, 2.45) is 0 Å². The van der Waals surface area contributed by atoms with Crippen molar-refractivity contribution < 1.29 is 9.84 Å². The van der Waals surface area contributed by atoms with Crippen LogP contribution in [-0.2, 0) is 0 Å². The molecule has 0 amide bonds. The zero-order chi connectivity index (χ0) is 15.7. The third kappa shape index (κ3) is 2.30. The number of fused-ring (bicyclic) bond motifs is 1. The van der Waals surface area contributed by atoms with E-state index < -0.39 is 5.60 Å². The van der Waals surface area contributed by atoms with Gasteiger partial charge in [-0.25, -0.2) is 0 Å². The molecule has 3 rings (SSSR count). The van der Waals surface area contributed by atoms with Crippen LogP contribution in [0.15, 0.2) is 53.5 Å². The molecule has 1 aliphatic rings. The molecule has 0 saturated carbocycles. The first-order valence-corrected chi connectivity index (χ1v) is 6.82. The van der Waals surface area contributed by atoms with Gasteiger partial charge in [-0.15, -0.1) is 0 Å². The van der Waals surface area contributed by atoms with Crippen LogP contribution in [0.1, 0.15) is 18.1 Å². The van der Waals surface area contributed by atoms with Crippen molar-refractivity contribution >= 4 is 5.70 Å². The van der Waals surface area contributed by atoms with Crippen molar-refractivity contribution in [1.29, 1.82) is 5.26 Å². The minimum Gasteiger partial charge on any atom is -0.480 e. The van der Waals surface area contributed by atoms with Crippen molar-refractivity contribution in [2.75, 3.05) is 6.61 Å². The van der Waals surface area contributed by atoms with Gasteiger partial charge in [0.1, 0.15) is 11.4 Å². The molecule has 110 valence electrons. The number of aliphatic hydroxyl groups excluding tert-OH is 1. The highest BCUT2D eigenvalue weighted by Crippen LogP contribution is 2.36. The van der Waals surface area contributed by atoms with Crippen LogP contribution in [0.3, 0.4) is 0 Å². The van der Waals surface area contributed by atoms with Gasteiger partial charge < -0.3 is 9.84 Å². The zero-order valence-electron chi connectivity index (χ0n) is 12.0. The molecule has 0 spiro atoms. The number of pyridine rings is 1. The monoisotopic (exact) mass is 294 g/mol. The number of nitriles is 1. The molecule has 0 aliphatic carbocycles. The Morgan fingerprint density at radius 1 is 1.36 bits per heavy atom. The van der Waals surface area contributed by atoms with Gasteiger partial charge in [-0.05, 0) is 37.3 Å². The molecule has 2 heterocycles. The Kier molecular flexibility index (Phi) is 3.32. The number of ether oxygens (including phenoxy) is 1. The predicted octanol–water partition coefficient (Wildman–Crippen LogP) is 1.75. The molecule has 0 saturated heterocycles. The fraction of sp³-hybridized carbons (Fsp3) is 0.176. The summed E-state index contributed by atoms with van der Waals surface area (Å²) in [6.07, 6.45) is 3.36. The van der Waals surface area contributed by atoms with E-state index in [4.69, 9.17) is 10.00 Å². The summed E-state index contributed by atoms with van der Waals surface area (Å²) >= 11 is 0. The Hall–Kier alpha value is -2.84. The Morgan fingerprint density at radius 3 is 2.86 bits per heavy atom. The maximum atomic E-state index is 12.1. The van der Waals surface area contributed by atoms with Crippen LogP contribution < -0.4 is 10.3 Å². The molecule has 0 radical (unpaired) electrons. The van der Waals surface area contributed by atoms with Gasteiger partial charge in [0.25, 0.3) is 5.56 Å². The molecule has 1 aromatic carbocycles. The van der Waals surface area contributed by atoms with Gasteiger partial charge >= 0.3 is 0 Å². The molecular weight excluding hydrogens is 280 g/mol. The highest BCUT2D eigenvalue weighted by Gasteiger charge is 2.31. The van der Waals surface area contributed by atoms with Gasteiger partial charge in [-0.1, -0.05) is 6.07 Å². The van der Waals surface area contributed by atoms with Crippen LogP contribution in [0.5, 0.6) is 5.75 Å². The molecule has 5 heteroatoms. The third-order valence-corrected chi connectivity index (χ3v) is 3.57. The summed E-state index contributed by atoms with van der Waals surface area (Å²) < 4.78 is 7.29. The molecule has 5 nitrogen and oxygen atoms in total. The minimum atomic E-state index is -0.925. The smallest absolute Gasteiger partial charge is 0.255 e. The molecule has 1 N–H and O–H groups in total. The van der Waals surface area contributed by atoms with E-state index in [1.807, 2.05) is 0 Å². The van der Waals surface area contributed by atoms with E-state index in [0.717, 1.165) is 0 Å². The van der Waals surface area contributed by atoms with Crippen molar-refractivity contribution in [2.45, 2.75) is 12.5 Å². The average Bonchev–Trinajstić information content (AvgIpc) is 2.54. The summed E-state index contributed by atoms with van der Waals surface area (Å²) in [7, 11) is 0. The van der Waals surface area contributed by atoms with E-state index in [1.54, 1.807) is 49.5 Å². The van der Waals surface area contributed by atoms with E-state index in [1.165, 1.54) is 10.6 Å². The largest absolute Gasteiger partial charge is 0.480 e. The number of aromatic nitrogens is 1. The Morgan fingerprint density at radius 2 is 2.18 bits per heavy atom. The number of hydrogen-bond acceptors (Lipinski definition) is 4. The maximum absolute atomic E-state index is 12.1. The predicted molar refractivity (Wildman–Crippen MR) is 81.4 cm³/mol. The molecule has 22 heavy (non-hydrogen) atoms. The lowest BCUT2D eigenvalue weighted by Crippen LogP contribution is -2.38. The molecule has 1 aromatic heterocycles. The Labute approximate surface area is 127 Å². The van der Waals surface area contributed by atoms with Gasteiger partial charge in [-0.2, -0.15) is 5.26 Å². The molecule has 1 unspecified atom stereocenters. The number of benzene rings is 1. The molecule has 1 aliphatic heterocycles. The van der Waals surface area contributed by atoms with Gasteiger partial charge in [-0.3, -0.25) is 9.36 Å². The van der Waals surface area contributed by atoms with Gasteiger partial charge in [0.2, 0.25) is 0 Å². The second kappa shape index (κ2) is 5.17. The summed E-state index contributed by atoms with van der Waals surface area (Å²) in [6, 6.07) is 12.0. The number of rotatable bonds is 2. The van der Waals surface area contributed by atoms with Crippen LogP contribution in [0.25, 0.3) is 5.70 Å². The molecule has 1 atom stereocenters. The summed E-state index contributed by atoms with van der Waals surface area (Å²) in [4.78, 5) is 12.1. The SMILES string of the molecule is CC1(CO)C=C(n2ccccc2=O)c2cc(C#N)ccc2O1. The van der Waals surface area contributed by atoms with Gasteiger partial charge in [0, 0.05) is 17.8 Å². The van der Waals surface area contributed by atoms with E-state index in [-0.39, 0.29) is 12.2 Å². The average molecular weight is 294 g/mol. The van der Waals surface area contributed by atoms with Crippen LogP contribution in [0.2, 0.25) is 0 Å². The van der Waals surface area contributed by atoms with E-state index in [2.05, 4.69) is 6.07 Å². The normalized spacial score (nSPS) is 19.6. The fourth-order valence-electron chi connectivity index (χ4n) is 2.44. The van der Waals surface area contributed by atoms with E-state index in [9.17, 15) is 9.90 Å². The third-order valence-electron chi connectivity index (χ3n) is 3.57. The Balaban J connectivity index is 2.28. The number of hydrogen-bond donors (Lipinski definition) is 1. The second-order valence-electron chi connectivity index (χ2n) is 5.33. The van der Waals surface area contributed by atoms with Gasteiger partial charge in [0.05, 0.1) is 23.9 Å². The summed E-state index contributed by atoms with van der Waals surface area (Å²) in [5.74, 6) is 0.531. The highest BCUT2D eigenvalue weighted by atomic mass is 16.5. The quantitative estimate of drug-likeness (QED) is 0.915. The molecule has 0 fully saturated rings. The maximum Gasteiger partial charge on any atom is 0.255 e. The summed E-state index contributed by atoms with van der Waals surface area (Å²) in [5.41, 5.74) is 0.610. The summed E-state index contributed by atoms with van der Waals surface area (Å²) in [6.45, 7) is 1.51. The second-order valence-corrected chi connectivity index (χ2v) is 5.33. The first-order valence-electron chi connectivity index (χ1n) is 6.82. The Bertz CT molecular complexity index is 861. The van der Waals surface area contributed by atoms with E-state index >= 15 is 0 Å². The standard InChI is InChI=1S/C17H14N2O3/c1-17(11-20)9-14(19-7-3-2-4-16(19)21)13-8-12(10-18)5-6-15(13)22-17/h2-9,20H,11H2,1H3. The highest BCUT2D eigenvalue weighted by molar-refractivity contribution is 5.74. The summed E-state index contributed by atoms with van der Waals surface area (Å²) in [5, 5.41) is 18.7. The first-order chi connectivity index (χ1) is 10.6. The first kappa shape index (κ1) is 14.1. The number of nitrogens with zero attached hydrogens (tertiary/aromatic N) is 2. The number of aliphatic hydroxyl groups is 1. The van der Waals surface area contributed by atoms with Gasteiger partial charge in [0.15, 0.2) is 0 Å². The molecular formula is C17H14N2O3. The van der Waals surface area contributed by atoms with Crippen LogP contribution in [-0.4, -0.2) is 21.9 Å². The molecule has 0 bridgehead atoms. The lowest BCUT2D eigenvalue weighted by molar-refractivity contribution is 0.0631. The van der Waals surface area contributed by atoms with Crippen molar-refractivity contribution in [3.63, 3.8) is 0 Å². The molecule has 2 aromatic rings. The topological polar surface area (TPSA) is 75.3 Å². The minimum absolute atomic E-state index is 0.191. The lowest BCUT2D eigenvalue weighted by atomic mass is 9.96. The van der Waals surface area contributed by atoms with Crippen LogP contribution in [0.4, 0.5) is 0 Å². The van der Waals surface area contributed by atoms with Crippen LogP contribution >= 0.6 is 0 Å². The van der Waals surface area contributed by atoms with E-state index in [0.29, 0.717) is 22.6 Å².